The number of nitrogens with zero attached hydrogens (tertiary/aromatic N) is 2. The number of hydrogen-bond donors (Lipinski definition) is 1. The molecule has 0 aliphatic rings. The summed E-state index contributed by atoms with van der Waals surface area (Å²) in [6, 6.07) is 8.94. The molecule has 0 aliphatic heterocycles. The third-order valence-corrected chi connectivity index (χ3v) is 3.73. The van der Waals surface area contributed by atoms with Crippen LogP contribution in [0.2, 0.25) is 0 Å². The summed E-state index contributed by atoms with van der Waals surface area (Å²) in [5, 5.41) is 5.06. The molecule has 0 saturated heterocycles. The Morgan fingerprint density at radius 1 is 1.37 bits per heavy atom. The van der Waals surface area contributed by atoms with Gasteiger partial charge in [0.05, 0.1) is 5.41 Å². The van der Waals surface area contributed by atoms with Crippen molar-refractivity contribution < 1.29 is 8.42 Å². The molecule has 0 atom stereocenters. The van der Waals surface area contributed by atoms with Gasteiger partial charge in [-0.25, -0.2) is 8.42 Å². The fourth-order valence-electron chi connectivity index (χ4n) is 1.43. The van der Waals surface area contributed by atoms with E-state index in [1.165, 1.54) is 10.8 Å². The van der Waals surface area contributed by atoms with Gasteiger partial charge < -0.3 is 0 Å². The first-order valence-corrected chi connectivity index (χ1v) is 7.75. The van der Waals surface area contributed by atoms with Gasteiger partial charge in [-0.05, 0) is 23.8 Å². The van der Waals surface area contributed by atoms with Crippen molar-refractivity contribution >= 4 is 37.8 Å². The third-order valence-electron chi connectivity index (χ3n) is 2.25. The van der Waals surface area contributed by atoms with Crippen molar-refractivity contribution in [2.75, 3.05) is 4.72 Å². The largest absolute Gasteiger partial charge is 0.274 e. The van der Waals surface area contributed by atoms with Crippen LogP contribution in [0.3, 0.4) is 0 Å². The summed E-state index contributed by atoms with van der Waals surface area (Å²) < 4.78 is 28.4. The highest BCUT2D eigenvalue weighted by atomic mass is 79.9. The molecule has 1 N–H and O–H groups in total. The first kappa shape index (κ1) is 13.8. The zero-order valence-corrected chi connectivity index (χ0v) is 12.5. The van der Waals surface area contributed by atoms with Gasteiger partial charge in [-0.15, -0.1) is 0 Å². The van der Waals surface area contributed by atoms with Gasteiger partial charge >= 0.3 is 0 Å². The second-order valence-corrected chi connectivity index (χ2v) is 6.36. The highest BCUT2D eigenvalue weighted by Gasteiger charge is 2.07. The van der Waals surface area contributed by atoms with Gasteiger partial charge in [-0.1, -0.05) is 28.1 Å². The van der Waals surface area contributed by atoms with Crippen molar-refractivity contribution in [1.82, 2.24) is 9.78 Å². The number of nitrogens with one attached hydrogen (secondary N) is 1. The maximum absolute atomic E-state index is 11.8. The molecule has 1 aromatic heterocycles. The Bertz CT molecular complexity index is 707. The lowest BCUT2D eigenvalue weighted by molar-refractivity contribution is 0.609. The first-order valence-electron chi connectivity index (χ1n) is 5.41. The van der Waals surface area contributed by atoms with Gasteiger partial charge in [-0.3, -0.25) is 9.40 Å². The van der Waals surface area contributed by atoms with Crippen LogP contribution in [-0.2, 0) is 17.1 Å². The molecule has 0 bridgehead atoms. The standard InChI is InChI=1S/C12H12BrN3O2S/c1-16-7-5-12(14-16)15-19(17,18)8-6-10-3-2-4-11(13)9-10/h2-9H,1H3,(H,14,15)/b8-6+. The number of aryl methyl sites for hydroxylation is 1. The zero-order chi connectivity index (χ0) is 13.9. The van der Waals surface area contributed by atoms with Crippen LogP contribution in [0.5, 0.6) is 0 Å². The van der Waals surface area contributed by atoms with Crippen molar-refractivity contribution in [3.63, 3.8) is 0 Å². The van der Waals surface area contributed by atoms with Gasteiger partial charge in [-0.2, -0.15) is 5.10 Å². The fraction of sp³-hybridized carbons (Fsp3) is 0.0833. The van der Waals surface area contributed by atoms with Crippen LogP contribution in [0, 0.1) is 0 Å². The van der Waals surface area contributed by atoms with Gasteiger partial charge in [0.15, 0.2) is 5.82 Å². The summed E-state index contributed by atoms with van der Waals surface area (Å²) in [5.41, 5.74) is 0.792. The van der Waals surface area contributed by atoms with Gasteiger partial charge in [0.1, 0.15) is 0 Å². The van der Waals surface area contributed by atoms with E-state index in [1.807, 2.05) is 24.3 Å². The summed E-state index contributed by atoms with van der Waals surface area (Å²) in [6.07, 6.45) is 3.19. The van der Waals surface area contributed by atoms with Crippen LogP contribution in [0.4, 0.5) is 5.82 Å². The second-order valence-electron chi connectivity index (χ2n) is 3.88. The van der Waals surface area contributed by atoms with Crippen molar-refractivity contribution in [2.45, 2.75) is 0 Å². The Kier molecular flexibility index (Phi) is 4.06. The van der Waals surface area contributed by atoms with E-state index in [4.69, 9.17) is 0 Å². The lowest BCUT2D eigenvalue weighted by Crippen LogP contribution is -2.09. The monoisotopic (exact) mass is 341 g/mol. The van der Waals surface area contributed by atoms with Crippen LogP contribution in [0.1, 0.15) is 5.56 Å². The Morgan fingerprint density at radius 3 is 2.79 bits per heavy atom. The molecule has 2 aromatic rings. The summed E-state index contributed by atoms with van der Waals surface area (Å²) >= 11 is 3.33. The number of rotatable bonds is 4. The summed E-state index contributed by atoms with van der Waals surface area (Å²) in [6.45, 7) is 0. The number of sulfonamides is 1. The molecule has 0 unspecified atom stereocenters. The fourth-order valence-corrected chi connectivity index (χ4v) is 2.65. The highest BCUT2D eigenvalue weighted by Crippen LogP contribution is 2.14. The van der Waals surface area contributed by atoms with E-state index in [0.717, 1.165) is 15.4 Å². The van der Waals surface area contributed by atoms with Crippen LogP contribution < -0.4 is 4.72 Å². The lowest BCUT2D eigenvalue weighted by atomic mass is 10.2. The molecule has 19 heavy (non-hydrogen) atoms. The lowest BCUT2D eigenvalue weighted by Gasteiger charge is -2.00. The molecule has 0 amide bonds. The molecule has 1 heterocycles. The van der Waals surface area contributed by atoms with Gasteiger partial charge in [0.2, 0.25) is 0 Å². The minimum atomic E-state index is -3.55. The zero-order valence-electron chi connectivity index (χ0n) is 10.1. The van der Waals surface area contributed by atoms with E-state index >= 15 is 0 Å². The van der Waals surface area contributed by atoms with Crippen LogP contribution >= 0.6 is 15.9 Å². The van der Waals surface area contributed by atoms with Crippen molar-refractivity contribution in [3.8, 4) is 0 Å². The molecule has 0 fully saturated rings. The number of hydrogen-bond acceptors (Lipinski definition) is 3. The summed E-state index contributed by atoms with van der Waals surface area (Å²) in [4.78, 5) is 0. The van der Waals surface area contributed by atoms with E-state index in [-0.39, 0.29) is 0 Å². The first-order chi connectivity index (χ1) is 8.94. The van der Waals surface area contributed by atoms with E-state index in [1.54, 1.807) is 19.3 Å². The Hall–Kier alpha value is -1.60. The smallest absolute Gasteiger partial charge is 0.256 e. The predicted octanol–water partition coefficient (Wildman–Crippen LogP) is 2.60. The number of benzene rings is 1. The Morgan fingerprint density at radius 2 is 2.16 bits per heavy atom. The van der Waals surface area contributed by atoms with Crippen LogP contribution in [0.15, 0.2) is 46.4 Å². The quantitative estimate of drug-likeness (QED) is 0.929. The number of halogens is 1. The molecule has 0 saturated carbocycles. The third kappa shape index (κ3) is 4.22. The molecule has 0 aliphatic carbocycles. The average molecular weight is 342 g/mol. The topological polar surface area (TPSA) is 64.0 Å². The average Bonchev–Trinajstić information content (AvgIpc) is 2.72. The second kappa shape index (κ2) is 5.58. The minimum Gasteiger partial charge on any atom is -0.274 e. The summed E-state index contributed by atoms with van der Waals surface area (Å²) in [5.74, 6) is 0.293. The normalized spacial score (nSPS) is 11.9. The molecule has 2 rings (SSSR count). The van der Waals surface area contributed by atoms with Crippen molar-refractivity contribution in [3.05, 3.63) is 52.0 Å². The number of anilines is 1. The van der Waals surface area contributed by atoms with E-state index in [9.17, 15) is 8.42 Å². The van der Waals surface area contributed by atoms with Crippen LogP contribution in [-0.4, -0.2) is 18.2 Å². The van der Waals surface area contributed by atoms with E-state index in [0.29, 0.717) is 5.82 Å². The van der Waals surface area contributed by atoms with Crippen molar-refractivity contribution in [2.24, 2.45) is 7.05 Å². The predicted molar refractivity (Wildman–Crippen MR) is 78.9 cm³/mol. The minimum absolute atomic E-state index is 0.293. The van der Waals surface area contributed by atoms with E-state index in [2.05, 4.69) is 25.8 Å². The van der Waals surface area contributed by atoms with Crippen LogP contribution in [0.25, 0.3) is 6.08 Å². The molecular formula is C12H12BrN3O2S. The molecule has 1 aromatic carbocycles. The Labute approximate surface area is 120 Å². The maximum atomic E-state index is 11.8. The van der Waals surface area contributed by atoms with Gasteiger partial charge in [0.25, 0.3) is 10.0 Å². The molecule has 7 heteroatoms. The maximum Gasteiger partial charge on any atom is 0.256 e. The molecule has 100 valence electrons. The SMILES string of the molecule is Cn1ccc(NS(=O)(=O)/C=C/c2cccc(Br)c2)n1. The molecule has 5 nitrogen and oxygen atoms in total. The number of aromatic nitrogens is 2. The highest BCUT2D eigenvalue weighted by molar-refractivity contribution is 9.10. The molecule has 0 radical (unpaired) electrons. The van der Waals surface area contributed by atoms with Gasteiger partial charge in [0, 0.05) is 23.8 Å². The van der Waals surface area contributed by atoms with E-state index < -0.39 is 10.0 Å². The van der Waals surface area contributed by atoms with Crippen molar-refractivity contribution in [1.29, 1.82) is 0 Å². The Balaban J connectivity index is 2.13. The molecule has 0 spiro atoms. The molecular weight excluding hydrogens is 330 g/mol. The summed E-state index contributed by atoms with van der Waals surface area (Å²) in [7, 11) is -1.84.